The highest BCUT2D eigenvalue weighted by atomic mass is 28.4. The number of hydrogen-bond acceptors (Lipinski definition) is 11. The lowest BCUT2D eigenvalue weighted by Gasteiger charge is -2.68. The fraction of sp³-hybridized carbons (Fsp3) is 0.676. The standard InChI is InChI=1S/C37H52O11Si/c1-10-49(11-2,12-3)48-26-18-27-36(20-44-27,47-23(6)39)30-32(46-33(42)24-16-14-13-15-17-24)37(43)19-25(40)21(4)28(34(37,7)8)29(45-22(5)38)31(41)35(26,30)9/h13-17,25-27,29-30,32,40,43H,10-12,18-20H2,1-9H3/t25?,26-,27?,29?,30?,32?,35+,36?,37?/m0/s1. The normalized spacial score (nSPS) is 36.7. The predicted molar refractivity (Wildman–Crippen MR) is 181 cm³/mol. The van der Waals surface area contributed by atoms with Gasteiger partial charge in [-0.2, -0.15) is 0 Å². The molecular weight excluding hydrogens is 648 g/mol. The molecule has 0 spiro atoms. The van der Waals surface area contributed by atoms with Gasteiger partial charge in [-0.05, 0) is 55.3 Å². The Morgan fingerprint density at radius 1 is 0.980 bits per heavy atom. The first-order chi connectivity index (χ1) is 22.9. The van der Waals surface area contributed by atoms with E-state index in [4.69, 9.17) is 23.4 Å². The fourth-order valence-corrected chi connectivity index (χ4v) is 12.3. The number of ketones is 1. The zero-order valence-electron chi connectivity index (χ0n) is 30.2. The van der Waals surface area contributed by atoms with E-state index in [9.17, 15) is 24.6 Å². The number of esters is 3. The summed E-state index contributed by atoms with van der Waals surface area (Å²) in [6.07, 6.45) is -6.04. The summed E-state index contributed by atoms with van der Waals surface area (Å²) < 4.78 is 31.9. The first kappa shape index (κ1) is 37.4. The molecule has 1 saturated heterocycles. The first-order valence-electron chi connectivity index (χ1n) is 17.5. The number of ether oxygens (including phenoxy) is 4. The van der Waals surface area contributed by atoms with Gasteiger partial charge in [0.2, 0.25) is 0 Å². The topological polar surface area (TPSA) is 155 Å². The Bertz CT molecular complexity index is 1510. The zero-order chi connectivity index (χ0) is 36.3. The van der Waals surface area contributed by atoms with Crippen LogP contribution in [0.4, 0.5) is 0 Å². The third-order valence-corrected chi connectivity index (χ3v) is 17.2. The number of benzene rings is 1. The number of aliphatic hydroxyl groups is 2. The molecular formula is C37H52O11Si. The summed E-state index contributed by atoms with van der Waals surface area (Å²) in [6.45, 7) is 15.3. The van der Waals surface area contributed by atoms with Gasteiger partial charge in [0.1, 0.15) is 17.8 Å². The van der Waals surface area contributed by atoms with Crippen molar-refractivity contribution in [3.05, 3.63) is 47.0 Å². The maximum Gasteiger partial charge on any atom is 0.338 e. The van der Waals surface area contributed by atoms with Crippen molar-refractivity contribution in [2.75, 3.05) is 6.61 Å². The monoisotopic (exact) mass is 700 g/mol. The van der Waals surface area contributed by atoms with Crippen LogP contribution in [0.1, 0.15) is 85.5 Å². The number of carbonyl (C=O) groups excluding carboxylic acids is 4. The van der Waals surface area contributed by atoms with Gasteiger partial charge in [-0.1, -0.05) is 52.8 Å². The van der Waals surface area contributed by atoms with Crippen LogP contribution < -0.4 is 0 Å². The van der Waals surface area contributed by atoms with Crippen LogP contribution in [0.15, 0.2) is 41.5 Å². The summed E-state index contributed by atoms with van der Waals surface area (Å²) in [6, 6.07) is 10.6. The quantitative estimate of drug-likeness (QED) is 0.160. The molecule has 3 fully saturated rings. The van der Waals surface area contributed by atoms with E-state index in [0.717, 1.165) is 18.1 Å². The van der Waals surface area contributed by atoms with Gasteiger partial charge >= 0.3 is 17.9 Å². The van der Waals surface area contributed by atoms with E-state index in [0.29, 0.717) is 5.57 Å². The van der Waals surface area contributed by atoms with E-state index in [1.165, 1.54) is 13.8 Å². The highest BCUT2D eigenvalue weighted by molar-refractivity contribution is 6.73. The number of carbonyl (C=O) groups is 4. The highest BCUT2D eigenvalue weighted by Gasteiger charge is 2.78. The maximum absolute atomic E-state index is 15.6. The van der Waals surface area contributed by atoms with E-state index >= 15 is 4.79 Å². The molecule has 5 rings (SSSR count). The van der Waals surface area contributed by atoms with Crippen LogP contribution >= 0.6 is 0 Å². The van der Waals surface area contributed by atoms with E-state index < -0.39 is 90.5 Å². The van der Waals surface area contributed by atoms with E-state index in [1.807, 2.05) is 0 Å². The largest absolute Gasteiger partial charge is 0.455 e. The molecule has 1 aliphatic heterocycles. The minimum atomic E-state index is -2.48. The van der Waals surface area contributed by atoms with Gasteiger partial charge in [0, 0.05) is 32.1 Å². The fourth-order valence-electron chi connectivity index (χ4n) is 9.36. The first-order valence-corrected chi connectivity index (χ1v) is 20.0. The molecule has 0 radical (unpaired) electrons. The molecule has 2 bridgehead atoms. The smallest absolute Gasteiger partial charge is 0.338 e. The Morgan fingerprint density at radius 2 is 1.59 bits per heavy atom. The maximum atomic E-state index is 15.6. The van der Waals surface area contributed by atoms with Crippen LogP contribution in [-0.2, 0) is 37.8 Å². The number of Topliss-reactive ketones (excluding diaryl/α,β-unsaturated/α-hetero) is 1. The van der Waals surface area contributed by atoms with Gasteiger partial charge in [-0.3, -0.25) is 14.4 Å². The summed E-state index contributed by atoms with van der Waals surface area (Å²) in [5, 5.41) is 24.8. The second kappa shape index (κ2) is 13.0. The van der Waals surface area contributed by atoms with Crippen molar-refractivity contribution in [1.29, 1.82) is 0 Å². The molecule has 9 atom stereocenters. The van der Waals surface area contributed by atoms with Crippen LogP contribution in [0.2, 0.25) is 18.1 Å². The minimum Gasteiger partial charge on any atom is -0.455 e. The summed E-state index contributed by atoms with van der Waals surface area (Å²) >= 11 is 0. The van der Waals surface area contributed by atoms with E-state index in [1.54, 1.807) is 58.0 Å². The third-order valence-electron chi connectivity index (χ3n) is 12.5. The summed E-state index contributed by atoms with van der Waals surface area (Å²) in [4.78, 5) is 55.5. The molecule has 1 aromatic rings. The number of fused-ring (bicyclic) bond motifs is 5. The molecule has 11 nitrogen and oxygen atoms in total. The summed E-state index contributed by atoms with van der Waals surface area (Å²) in [5.41, 5.74) is -5.83. The van der Waals surface area contributed by atoms with Crippen molar-refractivity contribution in [3.63, 3.8) is 0 Å². The van der Waals surface area contributed by atoms with Gasteiger partial charge in [-0.25, -0.2) is 4.79 Å². The number of hydrogen-bond donors (Lipinski definition) is 2. The Balaban J connectivity index is 1.88. The van der Waals surface area contributed by atoms with Crippen molar-refractivity contribution < 1.29 is 52.8 Å². The van der Waals surface area contributed by atoms with Crippen molar-refractivity contribution in [1.82, 2.24) is 0 Å². The summed E-state index contributed by atoms with van der Waals surface area (Å²) in [5.74, 6) is -3.91. The Kier molecular flexibility index (Phi) is 9.92. The highest BCUT2D eigenvalue weighted by Crippen LogP contribution is 2.65. The van der Waals surface area contributed by atoms with Gasteiger partial charge < -0.3 is 33.6 Å². The van der Waals surface area contributed by atoms with Crippen LogP contribution in [0.25, 0.3) is 0 Å². The number of rotatable bonds is 9. The van der Waals surface area contributed by atoms with Crippen molar-refractivity contribution in [3.8, 4) is 0 Å². The second-order valence-corrected chi connectivity index (χ2v) is 19.8. The molecule has 0 amide bonds. The molecule has 7 unspecified atom stereocenters. The van der Waals surface area contributed by atoms with Crippen molar-refractivity contribution >= 4 is 32.0 Å². The molecule has 1 heterocycles. The SMILES string of the molecule is CC[Si](CC)(CC)O[C@H]1CC2OCC2(OC(C)=O)C2C(OC(=O)c3ccccc3)C3(O)CC(O)C(C)=C(C(OC(C)=O)C(=O)[C@@]21C)C3(C)C. The molecule has 49 heavy (non-hydrogen) atoms. The van der Waals surface area contributed by atoms with E-state index in [-0.39, 0.29) is 30.6 Å². The van der Waals surface area contributed by atoms with Gasteiger partial charge in [0.05, 0.1) is 35.7 Å². The van der Waals surface area contributed by atoms with Crippen LogP contribution in [0.3, 0.4) is 0 Å². The molecule has 12 heteroatoms. The van der Waals surface area contributed by atoms with Crippen LogP contribution in [0.5, 0.6) is 0 Å². The Morgan fingerprint density at radius 3 is 2.10 bits per heavy atom. The average Bonchev–Trinajstić information content (AvgIpc) is 3.04. The molecule has 2 saturated carbocycles. The third kappa shape index (κ3) is 5.62. The molecule has 4 aliphatic rings. The van der Waals surface area contributed by atoms with Gasteiger partial charge in [0.15, 0.2) is 25.8 Å². The minimum absolute atomic E-state index is 0.131. The van der Waals surface area contributed by atoms with Gasteiger partial charge in [-0.15, -0.1) is 0 Å². The lowest BCUT2D eigenvalue weighted by atomic mass is 9.44. The van der Waals surface area contributed by atoms with Crippen LogP contribution in [0, 0.1) is 16.7 Å². The van der Waals surface area contributed by atoms with Gasteiger partial charge in [0.25, 0.3) is 0 Å². The molecule has 3 aliphatic carbocycles. The molecule has 1 aromatic carbocycles. The lowest BCUT2D eigenvalue weighted by Crippen LogP contribution is -2.82. The van der Waals surface area contributed by atoms with E-state index in [2.05, 4.69) is 20.8 Å². The Hall–Kier alpha value is -2.90. The zero-order valence-corrected chi connectivity index (χ0v) is 31.2. The summed E-state index contributed by atoms with van der Waals surface area (Å²) in [7, 11) is -2.48. The lowest BCUT2D eigenvalue weighted by molar-refractivity contribution is -0.344. The number of aliphatic hydroxyl groups excluding tert-OH is 1. The molecule has 0 aromatic heterocycles. The predicted octanol–water partition coefficient (Wildman–Crippen LogP) is 4.68. The van der Waals surface area contributed by atoms with Crippen LogP contribution in [-0.4, -0.2) is 90.6 Å². The van der Waals surface area contributed by atoms with Crippen molar-refractivity contribution in [2.24, 2.45) is 16.7 Å². The second-order valence-electron chi connectivity index (χ2n) is 15.1. The molecule has 2 N–H and O–H groups in total. The van der Waals surface area contributed by atoms with Crippen molar-refractivity contribution in [2.45, 2.75) is 135 Å². The molecule has 270 valence electrons. The Labute approximate surface area is 289 Å². The average molecular weight is 701 g/mol.